The van der Waals surface area contributed by atoms with Crippen LogP contribution in [0, 0.1) is 0 Å². The van der Waals surface area contributed by atoms with Crippen molar-refractivity contribution >= 4 is 18.1 Å². The fourth-order valence-corrected chi connectivity index (χ4v) is 1.80. The van der Waals surface area contributed by atoms with Crippen LogP contribution in [0.1, 0.15) is 25.3 Å². The summed E-state index contributed by atoms with van der Waals surface area (Å²) in [4.78, 5) is 11.1. The van der Waals surface area contributed by atoms with Crippen molar-refractivity contribution in [1.29, 1.82) is 0 Å². The molecule has 126 valence electrons. The van der Waals surface area contributed by atoms with Crippen molar-refractivity contribution in [2.24, 2.45) is 20.4 Å². The number of amidine groups is 1. The van der Waals surface area contributed by atoms with Crippen molar-refractivity contribution in [3.05, 3.63) is 36.0 Å². The van der Waals surface area contributed by atoms with Crippen LogP contribution in [0.15, 0.2) is 50.9 Å². The molecule has 1 aliphatic heterocycles. The van der Waals surface area contributed by atoms with Gasteiger partial charge in [0, 0.05) is 0 Å². The summed E-state index contributed by atoms with van der Waals surface area (Å²) in [5.74, 6) is 1.47. The van der Waals surface area contributed by atoms with Gasteiger partial charge in [-0.1, -0.05) is 25.0 Å². The van der Waals surface area contributed by atoms with E-state index in [9.17, 15) is 4.79 Å². The summed E-state index contributed by atoms with van der Waals surface area (Å²) in [5.41, 5.74) is 1.01. The molecule has 0 fully saturated rings. The maximum Gasteiger partial charge on any atom is 0.365 e. The minimum Gasteiger partial charge on any atom is -0.493 e. The number of carbonyl (C=O) groups excluding carboxylic acids is 1. The molecule has 1 aromatic rings. The summed E-state index contributed by atoms with van der Waals surface area (Å²) in [6.45, 7) is 6.36. The number of amides is 2. The van der Waals surface area contributed by atoms with Crippen LogP contribution in [0.4, 0.5) is 4.79 Å². The first-order valence-corrected chi connectivity index (χ1v) is 7.48. The first-order chi connectivity index (χ1) is 11.6. The molecule has 8 heteroatoms. The number of benzene rings is 1. The molecule has 1 heterocycles. The molecule has 2 amide bonds. The minimum absolute atomic E-state index is 0.165. The monoisotopic (exact) mass is 329 g/mol. The van der Waals surface area contributed by atoms with E-state index in [-0.39, 0.29) is 11.5 Å². The average Bonchev–Trinajstić information content (AvgIpc) is 2.59. The number of carbonyl (C=O) groups is 1. The van der Waals surface area contributed by atoms with Crippen LogP contribution in [-0.4, -0.2) is 31.8 Å². The lowest BCUT2D eigenvalue weighted by molar-refractivity contribution is 0.251. The summed E-state index contributed by atoms with van der Waals surface area (Å²) in [7, 11) is 1.58. The molecule has 0 bridgehead atoms. The Balaban J connectivity index is 2.08. The molecular formula is C16H19N5O3. The first-order valence-electron chi connectivity index (χ1n) is 7.48. The van der Waals surface area contributed by atoms with Crippen molar-refractivity contribution < 1.29 is 14.3 Å². The van der Waals surface area contributed by atoms with Gasteiger partial charge in [0.1, 0.15) is 5.70 Å². The number of urea groups is 1. The van der Waals surface area contributed by atoms with Crippen molar-refractivity contribution in [3.8, 4) is 11.5 Å². The Morgan fingerprint density at radius 1 is 1.33 bits per heavy atom. The van der Waals surface area contributed by atoms with Gasteiger partial charge >= 0.3 is 6.03 Å². The van der Waals surface area contributed by atoms with Gasteiger partial charge in [-0.05, 0) is 30.2 Å². The largest absolute Gasteiger partial charge is 0.493 e. The third-order valence-electron chi connectivity index (χ3n) is 3.07. The van der Waals surface area contributed by atoms with Gasteiger partial charge in [-0.2, -0.15) is 5.10 Å². The molecule has 0 saturated carbocycles. The van der Waals surface area contributed by atoms with Crippen LogP contribution in [0.2, 0.25) is 0 Å². The molecular weight excluding hydrogens is 310 g/mol. The number of hydrogen-bond donors (Lipinski definition) is 1. The zero-order chi connectivity index (χ0) is 17.4. The van der Waals surface area contributed by atoms with Crippen LogP contribution < -0.4 is 14.8 Å². The van der Waals surface area contributed by atoms with E-state index in [2.05, 4.69) is 39.3 Å². The van der Waals surface area contributed by atoms with Crippen molar-refractivity contribution in [1.82, 2.24) is 5.32 Å². The van der Waals surface area contributed by atoms with Gasteiger partial charge in [0.05, 0.1) is 19.9 Å². The fraction of sp³-hybridized carbons (Fsp3) is 0.312. The SMILES string of the molecule is C=C1N=NC(=O)N/C1=N/N=C/c1ccc(OCCCC)c(OC)c1. The van der Waals surface area contributed by atoms with Gasteiger partial charge in [0.25, 0.3) is 0 Å². The molecule has 0 aromatic heterocycles. The van der Waals surface area contributed by atoms with Crippen molar-refractivity contribution in [3.63, 3.8) is 0 Å². The molecule has 2 rings (SSSR count). The summed E-state index contributed by atoms with van der Waals surface area (Å²) in [6, 6.07) is 4.84. The zero-order valence-electron chi connectivity index (χ0n) is 13.7. The van der Waals surface area contributed by atoms with E-state index in [0.717, 1.165) is 18.4 Å². The van der Waals surface area contributed by atoms with Gasteiger partial charge in [0.2, 0.25) is 0 Å². The highest BCUT2D eigenvalue weighted by Gasteiger charge is 2.14. The predicted molar refractivity (Wildman–Crippen MR) is 91.0 cm³/mol. The normalized spacial score (nSPS) is 15.8. The molecule has 0 saturated heterocycles. The average molecular weight is 329 g/mol. The van der Waals surface area contributed by atoms with E-state index in [0.29, 0.717) is 18.1 Å². The second kappa shape index (κ2) is 8.56. The number of nitrogens with zero attached hydrogens (tertiary/aromatic N) is 4. The highest BCUT2D eigenvalue weighted by Crippen LogP contribution is 2.27. The number of hydrogen-bond acceptors (Lipinski definition) is 6. The Morgan fingerprint density at radius 2 is 2.17 bits per heavy atom. The van der Waals surface area contributed by atoms with E-state index < -0.39 is 6.03 Å². The Hall–Kier alpha value is -3.03. The van der Waals surface area contributed by atoms with Crippen molar-refractivity contribution in [2.45, 2.75) is 19.8 Å². The van der Waals surface area contributed by atoms with Crippen molar-refractivity contribution in [2.75, 3.05) is 13.7 Å². The lowest BCUT2D eigenvalue weighted by Gasteiger charge is -2.10. The third kappa shape index (κ3) is 4.73. The van der Waals surface area contributed by atoms with E-state index in [4.69, 9.17) is 9.47 Å². The maximum atomic E-state index is 11.1. The number of rotatable bonds is 7. The smallest absolute Gasteiger partial charge is 0.365 e. The molecule has 1 N–H and O–H groups in total. The molecule has 8 nitrogen and oxygen atoms in total. The fourth-order valence-electron chi connectivity index (χ4n) is 1.80. The van der Waals surface area contributed by atoms with Gasteiger partial charge in [-0.25, -0.2) is 4.79 Å². The Labute approximate surface area is 140 Å². The Bertz CT molecular complexity index is 710. The topological polar surface area (TPSA) is 97.0 Å². The number of azo groups is 1. The minimum atomic E-state index is -0.605. The zero-order valence-corrected chi connectivity index (χ0v) is 13.7. The van der Waals surface area contributed by atoms with Crippen LogP contribution >= 0.6 is 0 Å². The second-order valence-corrected chi connectivity index (χ2v) is 4.88. The van der Waals surface area contributed by atoms with Crippen LogP contribution in [0.3, 0.4) is 0 Å². The van der Waals surface area contributed by atoms with Gasteiger partial charge in [-0.15, -0.1) is 10.2 Å². The number of unbranched alkanes of at least 4 members (excludes halogenated alkanes) is 1. The van der Waals surface area contributed by atoms with Crippen LogP contribution in [0.5, 0.6) is 11.5 Å². The summed E-state index contributed by atoms with van der Waals surface area (Å²) in [6.07, 6.45) is 3.57. The quantitative estimate of drug-likeness (QED) is 0.472. The van der Waals surface area contributed by atoms with Gasteiger partial charge in [-0.3, -0.25) is 5.32 Å². The second-order valence-electron chi connectivity index (χ2n) is 4.88. The molecule has 1 aliphatic rings. The highest BCUT2D eigenvalue weighted by atomic mass is 16.5. The molecule has 0 unspecified atom stereocenters. The Morgan fingerprint density at radius 3 is 2.92 bits per heavy atom. The lowest BCUT2D eigenvalue weighted by atomic mass is 10.2. The van der Waals surface area contributed by atoms with Gasteiger partial charge < -0.3 is 9.47 Å². The van der Waals surface area contributed by atoms with E-state index in [1.807, 2.05) is 12.1 Å². The van der Waals surface area contributed by atoms with Gasteiger partial charge in [0.15, 0.2) is 17.3 Å². The van der Waals surface area contributed by atoms with Crippen LogP contribution in [-0.2, 0) is 0 Å². The van der Waals surface area contributed by atoms with Crippen LogP contribution in [0.25, 0.3) is 0 Å². The Kier molecular flexibility index (Phi) is 6.18. The third-order valence-corrected chi connectivity index (χ3v) is 3.07. The predicted octanol–water partition coefficient (Wildman–Crippen LogP) is 3.30. The molecule has 0 radical (unpaired) electrons. The lowest BCUT2D eigenvalue weighted by Crippen LogP contribution is -2.31. The number of ether oxygens (including phenoxy) is 2. The molecule has 24 heavy (non-hydrogen) atoms. The van der Waals surface area contributed by atoms with E-state index in [1.54, 1.807) is 13.2 Å². The summed E-state index contributed by atoms with van der Waals surface area (Å²) in [5, 5.41) is 17.1. The summed E-state index contributed by atoms with van der Waals surface area (Å²) < 4.78 is 11.0. The standard InChI is InChI=1S/C16H19N5O3/c1-4-5-8-24-13-7-6-12(9-14(13)23-3)10-17-20-15-11(2)19-21-16(22)18-15/h6-7,9-10H,2,4-5,8H2,1,3H3,(H,18,20,22)/b17-10+. The number of nitrogens with one attached hydrogen (secondary N) is 1. The molecule has 0 spiro atoms. The molecule has 0 atom stereocenters. The molecule has 1 aromatic carbocycles. The highest BCUT2D eigenvalue weighted by molar-refractivity contribution is 6.08. The van der Waals surface area contributed by atoms with E-state index in [1.165, 1.54) is 6.21 Å². The first kappa shape index (κ1) is 17.3. The molecule has 0 aliphatic carbocycles. The van der Waals surface area contributed by atoms with E-state index >= 15 is 0 Å². The maximum absolute atomic E-state index is 11.1. The number of methoxy groups -OCH3 is 1. The summed E-state index contributed by atoms with van der Waals surface area (Å²) >= 11 is 0.